The highest BCUT2D eigenvalue weighted by Crippen LogP contribution is 2.14. The van der Waals surface area contributed by atoms with E-state index in [1.807, 2.05) is 0 Å². The lowest BCUT2D eigenvalue weighted by Gasteiger charge is -2.22. The van der Waals surface area contributed by atoms with Crippen molar-refractivity contribution in [3.63, 3.8) is 0 Å². The monoisotopic (exact) mass is 378 g/mol. The van der Waals surface area contributed by atoms with E-state index in [9.17, 15) is 13.2 Å². The molecule has 1 atom stereocenters. The van der Waals surface area contributed by atoms with E-state index in [2.05, 4.69) is 20.0 Å². The lowest BCUT2D eigenvalue weighted by atomic mass is 10.1. The van der Waals surface area contributed by atoms with Crippen LogP contribution in [0.25, 0.3) is 0 Å². The van der Waals surface area contributed by atoms with Crippen molar-refractivity contribution in [1.29, 1.82) is 0 Å². The van der Waals surface area contributed by atoms with E-state index < -0.39 is 10.0 Å². The first-order valence-electron chi connectivity index (χ1n) is 8.52. The molecule has 2 aromatic rings. The number of amides is 1. The Hall–Kier alpha value is -2.23. The van der Waals surface area contributed by atoms with Crippen molar-refractivity contribution in [2.45, 2.75) is 36.8 Å². The molecule has 0 unspecified atom stereocenters. The number of aromatic amines is 1. The minimum absolute atomic E-state index is 0.0228. The summed E-state index contributed by atoms with van der Waals surface area (Å²) in [7, 11) is -3.74. The van der Waals surface area contributed by atoms with E-state index in [1.54, 1.807) is 24.5 Å². The standard InChI is InChI=1S/C17H22N4O4S/c22-17(20-11-14-5-1-2-9-25-14)13-4-3-6-15(10-13)26(23,24)21-12-16-18-7-8-19-16/h3-4,6-8,10,14,21H,1-2,5,9,11-12H2,(H,18,19)(H,20,22)/t14-/m0/s1. The van der Waals surface area contributed by atoms with Crippen LogP contribution < -0.4 is 10.0 Å². The van der Waals surface area contributed by atoms with Crippen molar-refractivity contribution in [1.82, 2.24) is 20.0 Å². The van der Waals surface area contributed by atoms with E-state index in [4.69, 9.17) is 4.74 Å². The summed E-state index contributed by atoms with van der Waals surface area (Å²) in [5.41, 5.74) is 0.293. The first-order chi connectivity index (χ1) is 12.5. The molecule has 26 heavy (non-hydrogen) atoms. The third-order valence-corrected chi connectivity index (χ3v) is 5.55. The second kappa shape index (κ2) is 8.43. The number of hydrogen-bond acceptors (Lipinski definition) is 5. The van der Waals surface area contributed by atoms with Gasteiger partial charge in [0.2, 0.25) is 10.0 Å². The van der Waals surface area contributed by atoms with Gasteiger partial charge in [0.25, 0.3) is 5.91 Å². The molecule has 1 amide bonds. The van der Waals surface area contributed by atoms with Crippen LogP contribution in [0.3, 0.4) is 0 Å². The van der Waals surface area contributed by atoms with Crippen LogP contribution in [-0.2, 0) is 21.3 Å². The lowest BCUT2D eigenvalue weighted by Crippen LogP contribution is -2.35. The summed E-state index contributed by atoms with van der Waals surface area (Å²) in [6.07, 6.45) is 6.25. The number of sulfonamides is 1. The predicted octanol–water partition coefficient (Wildman–Crippen LogP) is 1.19. The average molecular weight is 378 g/mol. The number of benzene rings is 1. The van der Waals surface area contributed by atoms with Crippen LogP contribution in [0.2, 0.25) is 0 Å². The molecule has 0 aliphatic carbocycles. The summed E-state index contributed by atoms with van der Waals surface area (Å²) in [4.78, 5) is 19.1. The molecule has 9 heteroatoms. The molecule has 140 valence electrons. The fourth-order valence-corrected chi connectivity index (χ4v) is 3.76. The summed E-state index contributed by atoms with van der Waals surface area (Å²) >= 11 is 0. The van der Waals surface area contributed by atoms with Crippen LogP contribution in [0.1, 0.15) is 35.4 Å². The van der Waals surface area contributed by atoms with Gasteiger partial charge >= 0.3 is 0 Å². The van der Waals surface area contributed by atoms with E-state index >= 15 is 0 Å². The van der Waals surface area contributed by atoms with Crippen LogP contribution in [0, 0.1) is 0 Å². The number of imidazole rings is 1. The predicted molar refractivity (Wildman–Crippen MR) is 95.0 cm³/mol. The van der Waals surface area contributed by atoms with E-state index in [0.717, 1.165) is 25.9 Å². The van der Waals surface area contributed by atoms with Crippen molar-refractivity contribution in [3.8, 4) is 0 Å². The molecule has 3 rings (SSSR count). The summed E-state index contributed by atoms with van der Waals surface area (Å²) < 4.78 is 32.8. The van der Waals surface area contributed by atoms with Gasteiger partial charge in [0.15, 0.2) is 0 Å². The smallest absolute Gasteiger partial charge is 0.251 e. The van der Waals surface area contributed by atoms with Gasteiger partial charge in [0.05, 0.1) is 17.5 Å². The van der Waals surface area contributed by atoms with Gasteiger partial charge in [-0.2, -0.15) is 0 Å². The number of H-pyrrole nitrogens is 1. The number of hydrogen-bond donors (Lipinski definition) is 3. The summed E-state index contributed by atoms with van der Waals surface area (Å²) in [5.74, 6) is 0.192. The minimum atomic E-state index is -3.74. The van der Waals surface area contributed by atoms with E-state index in [1.165, 1.54) is 12.1 Å². The molecule has 2 heterocycles. The SMILES string of the molecule is O=C(NC[C@@H]1CCCCO1)c1cccc(S(=O)(=O)NCc2ncc[nH]2)c1. The van der Waals surface area contributed by atoms with Gasteiger partial charge in [0.1, 0.15) is 5.82 Å². The molecule has 1 aliphatic heterocycles. The number of rotatable bonds is 7. The summed E-state index contributed by atoms with van der Waals surface area (Å²) in [6, 6.07) is 5.95. The molecule has 0 spiro atoms. The Morgan fingerprint density at radius 2 is 2.23 bits per heavy atom. The van der Waals surface area contributed by atoms with Gasteiger partial charge in [-0.25, -0.2) is 18.1 Å². The molecule has 3 N–H and O–H groups in total. The highest BCUT2D eigenvalue weighted by atomic mass is 32.2. The third kappa shape index (κ3) is 4.90. The maximum absolute atomic E-state index is 12.4. The van der Waals surface area contributed by atoms with Crippen molar-refractivity contribution in [2.24, 2.45) is 0 Å². The second-order valence-corrected chi connectivity index (χ2v) is 7.85. The van der Waals surface area contributed by atoms with Crippen LogP contribution in [0.15, 0.2) is 41.6 Å². The van der Waals surface area contributed by atoms with Gasteiger partial charge in [-0.15, -0.1) is 0 Å². The van der Waals surface area contributed by atoms with Crippen molar-refractivity contribution in [3.05, 3.63) is 48.0 Å². The molecule has 0 bridgehead atoms. The van der Waals surface area contributed by atoms with E-state index in [0.29, 0.717) is 17.9 Å². The zero-order valence-electron chi connectivity index (χ0n) is 14.3. The topological polar surface area (TPSA) is 113 Å². The Morgan fingerprint density at radius 3 is 2.96 bits per heavy atom. The Bertz CT molecular complexity index is 830. The fraction of sp³-hybridized carbons (Fsp3) is 0.412. The first-order valence-corrected chi connectivity index (χ1v) is 10.0. The molecule has 0 saturated carbocycles. The number of carbonyl (C=O) groups excluding carboxylic acids is 1. The van der Waals surface area contributed by atoms with Crippen LogP contribution in [0.4, 0.5) is 0 Å². The summed E-state index contributed by atoms with van der Waals surface area (Å²) in [6.45, 7) is 1.19. The van der Waals surface area contributed by atoms with Gasteiger partial charge in [-0.05, 0) is 37.5 Å². The second-order valence-electron chi connectivity index (χ2n) is 6.09. The maximum atomic E-state index is 12.4. The van der Waals surface area contributed by atoms with Gasteiger partial charge in [-0.3, -0.25) is 4.79 Å². The van der Waals surface area contributed by atoms with Gasteiger partial charge in [0, 0.05) is 31.1 Å². The molecule has 1 aromatic heterocycles. The molecular weight excluding hydrogens is 356 g/mol. The van der Waals surface area contributed by atoms with Crippen LogP contribution >= 0.6 is 0 Å². The number of aromatic nitrogens is 2. The molecule has 1 aliphatic rings. The number of nitrogens with one attached hydrogen (secondary N) is 3. The van der Waals surface area contributed by atoms with E-state index in [-0.39, 0.29) is 23.5 Å². The normalized spacial score (nSPS) is 17.8. The Kier molecular flexibility index (Phi) is 6.02. The van der Waals surface area contributed by atoms with Gasteiger partial charge < -0.3 is 15.0 Å². The zero-order chi connectivity index (χ0) is 18.4. The average Bonchev–Trinajstić information content (AvgIpc) is 3.19. The minimum Gasteiger partial charge on any atom is -0.376 e. The highest BCUT2D eigenvalue weighted by Gasteiger charge is 2.18. The largest absolute Gasteiger partial charge is 0.376 e. The Morgan fingerprint density at radius 1 is 1.35 bits per heavy atom. The Balaban J connectivity index is 1.61. The maximum Gasteiger partial charge on any atom is 0.251 e. The van der Waals surface area contributed by atoms with Crippen LogP contribution in [-0.4, -0.2) is 43.5 Å². The third-order valence-electron chi connectivity index (χ3n) is 4.16. The molecule has 1 fully saturated rings. The molecular formula is C17H22N4O4S. The Labute approximate surface area is 152 Å². The molecule has 1 aromatic carbocycles. The van der Waals surface area contributed by atoms with Crippen molar-refractivity contribution >= 4 is 15.9 Å². The first kappa shape index (κ1) is 18.6. The highest BCUT2D eigenvalue weighted by molar-refractivity contribution is 7.89. The number of nitrogens with zero attached hydrogens (tertiary/aromatic N) is 1. The lowest BCUT2D eigenvalue weighted by molar-refractivity contribution is 0.0169. The van der Waals surface area contributed by atoms with Crippen LogP contribution in [0.5, 0.6) is 0 Å². The molecule has 8 nitrogen and oxygen atoms in total. The van der Waals surface area contributed by atoms with Gasteiger partial charge in [-0.1, -0.05) is 6.07 Å². The fourth-order valence-electron chi connectivity index (χ4n) is 2.72. The zero-order valence-corrected chi connectivity index (χ0v) is 15.1. The molecule has 1 saturated heterocycles. The van der Waals surface area contributed by atoms with Crippen molar-refractivity contribution in [2.75, 3.05) is 13.2 Å². The number of carbonyl (C=O) groups is 1. The molecule has 0 radical (unpaired) electrons. The van der Waals surface area contributed by atoms with Crippen molar-refractivity contribution < 1.29 is 17.9 Å². The number of ether oxygens (including phenoxy) is 1. The summed E-state index contributed by atoms with van der Waals surface area (Å²) in [5, 5.41) is 2.81. The quantitative estimate of drug-likeness (QED) is 0.670.